The quantitative estimate of drug-likeness (QED) is 0.356. The molecule has 0 radical (unpaired) electrons. The van der Waals surface area contributed by atoms with Gasteiger partial charge in [-0.1, -0.05) is 0 Å². The van der Waals surface area contributed by atoms with Crippen LogP contribution in [0.3, 0.4) is 0 Å². The van der Waals surface area contributed by atoms with Crippen LogP contribution in [0.5, 0.6) is 0 Å². The number of nitrogens with one attached hydrogen (secondary N) is 1. The van der Waals surface area contributed by atoms with Gasteiger partial charge in [0.15, 0.2) is 5.96 Å². The van der Waals surface area contributed by atoms with E-state index in [4.69, 9.17) is 19.2 Å². The molecule has 7 heteroatoms. The Hall–Kier alpha value is -0.890. The third-order valence-electron chi connectivity index (χ3n) is 5.81. The molecule has 0 aromatic heterocycles. The first kappa shape index (κ1) is 24.4. The summed E-state index contributed by atoms with van der Waals surface area (Å²) in [5.74, 6) is 1.03. The van der Waals surface area contributed by atoms with Crippen LogP contribution in [0.15, 0.2) is 4.99 Å². The Morgan fingerprint density at radius 1 is 1.14 bits per heavy atom. The molecule has 7 nitrogen and oxygen atoms in total. The second-order valence-corrected chi connectivity index (χ2v) is 9.05. The van der Waals surface area contributed by atoms with E-state index in [2.05, 4.69) is 49.7 Å². The van der Waals surface area contributed by atoms with Gasteiger partial charge in [-0.25, -0.2) is 0 Å². The molecule has 0 spiro atoms. The van der Waals surface area contributed by atoms with Gasteiger partial charge in [-0.3, -0.25) is 9.89 Å². The summed E-state index contributed by atoms with van der Waals surface area (Å²) in [5, 5.41) is 3.50. The van der Waals surface area contributed by atoms with E-state index in [0.29, 0.717) is 6.10 Å². The van der Waals surface area contributed by atoms with Crippen molar-refractivity contribution in [2.45, 2.75) is 77.7 Å². The summed E-state index contributed by atoms with van der Waals surface area (Å²) >= 11 is 0. The van der Waals surface area contributed by atoms with Crippen molar-refractivity contribution >= 4 is 5.96 Å². The van der Waals surface area contributed by atoms with Crippen LogP contribution in [0, 0.1) is 0 Å². The smallest absolute Gasteiger partial charge is 0.193 e. The average molecular weight is 413 g/mol. The summed E-state index contributed by atoms with van der Waals surface area (Å²) in [5.41, 5.74) is 0.00968. The molecule has 2 heterocycles. The molecule has 0 aromatic rings. The summed E-state index contributed by atoms with van der Waals surface area (Å²) in [6.45, 7) is 18.2. The molecule has 0 aliphatic carbocycles. The number of guanidine groups is 1. The monoisotopic (exact) mass is 412 g/mol. The zero-order chi connectivity index (χ0) is 21.3. The Morgan fingerprint density at radius 2 is 1.79 bits per heavy atom. The van der Waals surface area contributed by atoms with Crippen LogP contribution >= 0.6 is 0 Å². The molecule has 0 aromatic carbocycles. The van der Waals surface area contributed by atoms with Crippen LogP contribution in [0.4, 0.5) is 0 Å². The molecule has 0 amide bonds. The predicted octanol–water partition coefficient (Wildman–Crippen LogP) is 2.36. The van der Waals surface area contributed by atoms with Crippen LogP contribution in [-0.4, -0.2) is 99.2 Å². The lowest BCUT2D eigenvalue weighted by Crippen LogP contribution is -2.56. The molecule has 2 saturated heterocycles. The molecule has 29 heavy (non-hydrogen) atoms. The number of likely N-dealkylation sites (tertiary alicyclic amines) is 1. The van der Waals surface area contributed by atoms with E-state index in [-0.39, 0.29) is 17.7 Å². The number of methoxy groups -OCH3 is 1. The Balaban J connectivity index is 1.87. The summed E-state index contributed by atoms with van der Waals surface area (Å²) in [4.78, 5) is 9.95. The molecule has 2 fully saturated rings. The van der Waals surface area contributed by atoms with Crippen molar-refractivity contribution in [1.82, 2.24) is 15.1 Å². The maximum Gasteiger partial charge on any atom is 0.193 e. The predicted molar refractivity (Wildman–Crippen MR) is 119 cm³/mol. The van der Waals surface area contributed by atoms with Crippen molar-refractivity contribution in [2.75, 3.05) is 59.6 Å². The van der Waals surface area contributed by atoms with Crippen molar-refractivity contribution in [2.24, 2.45) is 4.99 Å². The highest BCUT2D eigenvalue weighted by Gasteiger charge is 2.33. The Bertz CT molecular complexity index is 482. The number of piperidine rings is 1. The first-order chi connectivity index (χ1) is 13.9. The van der Waals surface area contributed by atoms with Crippen molar-refractivity contribution < 1.29 is 14.2 Å². The number of rotatable bonds is 9. The molecule has 2 aliphatic rings. The SMILES string of the molecule is CCNC(=NCC(C)(C)N1CC(C)OC(C)C1)N1CCC(OCCCOC)CC1. The van der Waals surface area contributed by atoms with Gasteiger partial charge in [-0.2, -0.15) is 0 Å². The normalized spacial score (nSPS) is 25.4. The van der Waals surface area contributed by atoms with E-state index >= 15 is 0 Å². The molecule has 170 valence electrons. The molecule has 2 rings (SSSR count). The third kappa shape index (κ3) is 8.04. The van der Waals surface area contributed by atoms with E-state index in [1.54, 1.807) is 7.11 Å². The average Bonchev–Trinajstić information content (AvgIpc) is 2.68. The second-order valence-electron chi connectivity index (χ2n) is 9.05. The molecule has 2 unspecified atom stereocenters. The summed E-state index contributed by atoms with van der Waals surface area (Å²) in [7, 11) is 1.74. The summed E-state index contributed by atoms with van der Waals surface area (Å²) < 4.78 is 17.0. The number of ether oxygens (including phenoxy) is 3. The maximum absolute atomic E-state index is 6.00. The number of aliphatic imine (C=N–C) groups is 1. The Kier molecular flexibility index (Phi) is 10.2. The maximum atomic E-state index is 6.00. The van der Waals surface area contributed by atoms with Gasteiger partial charge in [0, 0.05) is 58.6 Å². The van der Waals surface area contributed by atoms with E-state index in [0.717, 1.165) is 77.7 Å². The lowest BCUT2D eigenvalue weighted by molar-refractivity contribution is -0.0939. The topological polar surface area (TPSA) is 58.6 Å². The number of nitrogens with zero attached hydrogens (tertiary/aromatic N) is 3. The second kappa shape index (κ2) is 12.1. The largest absolute Gasteiger partial charge is 0.385 e. The minimum Gasteiger partial charge on any atom is -0.385 e. The minimum absolute atomic E-state index is 0.00968. The fourth-order valence-electron chi connectivity index (χ4n) is 4.15. The zero-order valence-electron chi connectivity index (χ0n) is 19.6. The van der Waals surface area contributed by atoms with E-state index < -0.39 is 0 Å². The zero-order valence-corrected chi connectivity index (χ0v) is 19.6. The van der Waals surface area contributed by atoms with Crippen molar-refractivity contribution in [1.29, 1.82) is 0 Å². The van der Waals surface area contributed by atoms with Gasteiger partial charge >= 0.3 is 0 Å². The Morgan fingerprint density at radius 3 is 2.38 bits per heavy atom. The van der Waals surface area contributed by atoms with E-state index in [9.17, 15) is 0 Å². The van der Waals surface area contributed by atoms with Crippen LogP contribution in [-0.2, 0) is 14.2 Å². The van der Waals surface area contributed by atoms with Crippen molar-refractivity contribution in [3.05, 3.63) is 0 Å². The van der Waals surface area contributed by atoms with Gasteiger partial charge in [0.1, 0.15) is 0 Å². The first-order valence-electron chi connectivity index (χ1n) is 11.4. The standard InChI is InChI=1S/C22H44N4O3/c1-7-23-21(25-11-9-20(10-12-25)28-14-8-13-27-6)24-17-22(4,5)26-15-18(2)29-19(3)16-26/h18-20H,7-17H2,1-6H3,(H,23,24). The van der Waals surface area contributed by atoms with Gasteiger partial charge in [0.05, 0.1) is 24.9 Å². The molecular formula is C22H44N4O3. The van der Waals surface area contributed by atoms with Crippen LogP contribution in [0.1, 0.15) is 53.9 Å². The van der Waals surface area contributed by atoms with Gasteiger partial charge in [0.25, 0.3) is 0 Å². The first-order valence-corrected chi connectivity index (χ1v) is 11.4. The van der Waals surface area contributed by atoms with E-state index in [1.165, 1.54) is 0 Å². The molecule has 2 atom stereocenters. The highest BCUT2D eigenvalue weighted by atomic mass is 16.5. The molecule has 2 aliphatic heterocycles. The van der Waals surface area contributed by atoms with Gasteiger partial charge < -0.3 is 24.4 Å². The highest BCUT2D eigenvalue weighted by molar-refractivity contribution is 5.80. The highest BCUT2D eigenvalue weighted by Crippen LogP contribution is 2.22. The van der Waals surface area contributed by atoms with Gasteiger partial charge in [-0.05, 0) is 53.9 Å². The van der Waals surface area contributed by atoms with Crippen molar-refractivity contribution in [3.8, 4) is 0 Å². The van der Waals surface area contributed by atoms with Gasteiger partial charge in [0.2, 0.25) is 0 Å². The lowest BCUT2D eigenvalue weighted by Gasteiger charge is -2.44. The van der Waals surface area contributed by atoms with Crippen LogP contribution in [0.25, 0.3) is 0 Å². The number of morpholine rings is 1. The number of hydrogen-bond donors (Lipinski definition) is 1. The molecular weight excluding hydrogens is 368 g/mol. The van der Waals surface area contributed by atoms with Gasteiger partial charge in [-0.15, -0.1) is 0 Å². The van der Waals surface area contributed by atoms with Crippen LogP contribution in [0.2, 0.25) is 0 Å². The molecule has 0 saturated carbocycles. The third-order valence-corrected chi connectivity index (χ3v) is 5.81. The fraction of sp³-hybridized carbons (Fsp3) is 0.955. The minimum atomic E-state index is 0.00968. The van der Waals surface area contributed by atoms with Crippen LogP contribution < -0.4 is 5.32 Å². The van der Waals surface area contributed by atoms with E-state index in [1.807, 2.05) is 0 Å². The Labute approximate surface area is 178 Å². The molecule has 0 bridgehead atoms. The number of hydrogen-bond acceptors (Lipinski definition) is 5. The molecule has 1 N–H and O–H groups in total. The fourth-order valence-corrected chi connectivity index (χ4v) is 4.15. The summed E-state index contributed by atoms with van der Waals surface area (Å²) in [6.07, 6.45) is 3.99. The lowest BCUT2D eigenvalue weighted by atomic mass is 10.0. The van der Waals surface area contributed by atoms with Crippen molar-refractivity contribution in [3.63, 3.8) is 0 Å². The summed E-state index contributed by atoms with van der Waals surface area (Å²) in [6, 6.07) is 0.